The van der Waals surface area contributed by atoms with Crippen LogP contribution in [-0.4, -0.2) is 18.6 Å². The quantitative estimate of drug-likeness (QED) is 0.916. The van der Waals surface area contributed by atoms with Gasteiger partial charge in [0.1, 0.15) is 5.69 Å². The molecule has 0 aliphatic rings. The van der Waals surface area contributed by atoms with Gasteiger partial charge in [0.2, 0.25) is 0 Å². The van der Waals surface area contributed by atoms with E-state index < -0.39 is 10.0 Å². The molecule has 1 N–H and O–H groups in total. The molecule has 2 aromatic rings. The largest absolute Gasteiger partial charge is 0.360 e. The van der Waals surface area contributed by atoms with E-state index >= 15 is 0 Å². The molecule has 0 amide bonds. The summed E-state index contributed by atoms with van der Waals surface area (Å²) < 4.78 is 31.8. The van der Waals surface area contributed by atoms with E-state index in [1.165, 1.54) is 0 Å². The molecule has 96 valence electrons. The van der Waals surface area contributed by atoms with E-state index in [1.54, 1.807) is 39.1 Å². The van der Waals surface area contributed by atoms with Crippen molar-refractivity contribution >= 4 is 15.7 Å². The summed E-state index contributed by atoms with van der Waals surface area (Å²) in [6, 6.07) is 3.32. The van der Waals surface area contributed by atoms with Crippen LogP contribution in [0.5, 0.6) is 0 Å². The summed E-state index contributed by atoms with van der Waals surface area (Å²) in [5.41, 5.74) is 1.38. The Labute approximate surface area is 105 Å². The molecule has 0 radical (unpaired) electrons. The smallest absolute Gasteiger partial charge is 0.267 e. The van der Waals surface area contributed by atoms with E-state index in [0.717, 1.165) is 0 Å². The van der Waals surface area contributed by atoms with E-state index in [4.69, 9.17) is 4.52 Å². The van der Waals surface area contributed by atoms with Gasteiger partial charge in [0.05, 0.1) is 11.4 Å². The van der Waals surface area contributed by atoms with Crippen LogP contribution in [-0.2, 0) is 10.0 Å². The summed E-state index contributed by atoms with van der Waals surface area (Å²) in [5, 5.41) is 3.64. The summed E-state index contributed by atoms with van der Waals surface area (Å²) >= 11 is 0. The van der Waals surface area contributed by atoms with Crippen LogP contribution in [0.1, 0.15) is 17.1 Å². The summed E-state index contributed by atoms with van der Waals surface area (Å²) in [6.07, 6.45) is 1.60. The maximum absolute atomic E-state index is 12.2. The van der Waals surface area contributed by atoms with Crippen LogP contribution in [0.2, 0.25) is 0 Å². The monoisotopic (exact) mass is 267 g/mol. The first-order valence-electron chi connectivity index (χ1n) is 5.29. The topological polar surface area (TPSA) is 85.1 Å². The Hall–Kier alpha value is -1.89. The first-order valence-corrected chi connectivity index (χ1v) is 6.77. The fraction of sp³-hybridized carbons (Fsp3) is 0.273. The second-order valence-electron chi connectivity index (χ2n) is 3.90. The molecule has 0 saturated heterocycles. The highest BCUT2D eigenvalue weighted by atomic mass is 32.2. The second-order valence-corrected chi connectivity index (χ2v) is 5.51. The molecule has 0 aliphatic heterocycles. The fourth-order valence-corrected chi connectivity index (χ4v) is 3.10. The number of aryl methyl sites for hydroxylation is 3. The minimum Gasteiger partial charge on any atom is -0.360 e. The fourth-order valence-electron chi connectivity index (χ4n) is 1.65. The Morgan fingerprint density at radius 1 is 1.22 bits per heavy atom. The Bertz CT molecular complexity index is 657. The van der Waals surface area contributed by atoms with Gasteiger partial charge in [-0.3, -0.25) is 9.71 Å². The van der Waals surface area contributed by atoms with Gasteiger partial charge in [-0.1, -0.05) is 5.16 Å². The number of anilines is 1. The Balaban J connectivity index is 2.43. The van der Waals surface area contributed by atoms with Crippen molar-refractivity contribution in [2.75, 3.05) is 4.72 Å². The number of nitrogens with zero attached hydrogens (tertiary/aromatic N) is 2. The molecule has 2 heterocycles. The SMILES string of the molecule is Cc1ncccc1NS(=O)(=O)c1c(C)noc1C. The summed E-state index contributed by atoms with van der Waals surface area (Å²) in [4.78, 5) is 4.10. The number of aromatic nitrogens is 2. The maximum atomic E-state index is 12.2. The normalized spacial score (nSPS) is 11.5. The number of rotatable bonds is 3. The third kappa shape index (κ3) is 2.21. The highest BCUT2D eigenvalue weighted by molar-refractivity contribution is 7.92. The van der Waals surface area contributed by atoms with Crippen molar-refractivity contribution < 1.29 is 12.9 Å². The van der Waals surface area contributed by atoms with Crippen molar-refractivity contribution in [3.05, 3.63) is 35.5 Å². The first-order chi connectivity index (χ1) is 8.42. The maximum Gasteiger partial charge on any atom is 0.267 e. The molecule has 2 aromatic heterocycles. The van der Waals surface area contributed by atoms with Crippen molar-refractivity contribution in [1.82, 2.24) is 10.1 Å². The Morgan fingerprint density at radius 3 is 2.50 bits per heavy atom. The molecule has 18 heavy (non-hydrogen) atoms. The Kier molecular flexibility index (Phi) is 3.08. The zero-order valence-electron chi connectivity index (χ0n) is 10.3. The summed E-state index contributed by atoms with van der Waals surface area (Å²) in [5.74, 6) is 0.265. The third-order valence-electron chi connectivity index (χ3n) is 2.49. The Morgan fingerprint density at radius 2 is 1.94 bits per heavy atom. The van der Waals surface area contributed by atoms with Gasteiger partial charge in [0.25, 0.3) is 10.0 Å². The van der Waals surface area contributed by atoms with E-state index in [2.05, 4.69) is 14.9 Å². The molecular weight excluding hydrogens is 254 g/mol. The van der Waals surface area contributed by atoms with E-state index in [-0.39, 0.29) is 10.7 Å². The average Bonchev–Trinajstić information content (AvgIpc) is 2.62. The van der Waals surface area contributed by atoms with Gasteiger partial charge in [-0.25, -0.2) is 8.42 Å². The molecule has 0 aromatic carbocycles. The number of sulfonamides is 1. The molecule has 0 aliphatic carbocycles. The second kappa shape index (κ2) is 4.41. The predicted octanol–water partition coefficient (Wildman–Crippen LogP) is 1.80. The standard InChI is InChI=1S/C11H13N3O3S/c1-7-10(5-4-6-12-7)14-18(15,16)11-8(2)13-17-9(11)3/h4-6,14H,1-3H3. The van der Waals surface area contributed by atoms with Crippen molar-refractivity contribution in [2.24, 2.45) is 0 Å². The number of pyridine rings is 1. The van der Waals surface area contributed by atoms with Crippen LogP contribution >= 0.6 is 0 Å². The first kappa shape index (κ1) is 12.6. The molecule has 7 heteroatoms. The molecule has 6 nitrogen and oxygen atoms in total. The molecule has 0 bridgehead atoms. The van der Waals surface area contributed by atoms with Crippen LogP contribution in [0.3, 0.4) is 0 Å². The van der Waals surface area contributed by atoms with Crippen molar-refractivity contribution in [1.29, 1.82) is 0 Å². The van der Waals surface area contributed by atoms with E-state index in [1.807, 2.05) is 0 Å². The van der Waals surface area contributed by atoms with Crippen LogP contribution in [0, 0.1) is 20.8 Å². The lowest BCUT2D eigenvalue weighted by Crippen LogP contribution is -2.15. The third-order valence-corrected chi connectivity index (χ3v) is 4.10. The zero-order valence-corrected chi connectivity index (χ0v) is 11.1. The molecular formula is C11H13N3O3S. The van der Waals surface area contributed by atoms with Gasteiger partial charge in [-0.2, -0.15) is 0 Å². The number of nitrogens with one attached hydrogen (secondary N) is 1. The minimum atomic E-state index is -3.70. The molecule has 0 spiro atoms. The lowest BCUT2D eigenvalue weighted by atomic mass is 10.3. The number of hydrogen-bond donors (Lipinski definition) is 1. The van der Waals surface area contributed by atoms with Crippen LogP contribution in [0.15, 0.2) is 27.7 Å². The predicted molar refractivity (Wildman–Crippen MR) is 65.8 cm³/mol. The van der Waals surface area contributed by atoms with Crippen molar-refractivity contribution in [2.45, 2.75) is 25.7 Å². The van der Waals surface area contributed by atoms with Gasteiger partial charge in [-0.05, 0) is 32.9 Å². The van der Waals surface area contributed by atoms with Gasteiger partial charge in [0.15, 0.2) is 10.7 Å². The highest BCUT2D eigenvalue weighted by Crippen LogP contribution is 2.23. The molecule has 0 unspecified atom stereocenters. The summed E-state index contributed by atoms with van der Waals surface area (Å²) in [6.45, 7) is 4.87. The lowest BCUT2D eigenvalue weighted by molar-refractivity contribution is 0.390. The van der Waals surface area contributed by atoms with Crippen molar-refractivity contribution in [3.63, 3.8) is 0 Å². The average molecular weight is 267 g/mol. The van der Waals surface area contributed by atoms with Gasteiger partial charge < -0.3 is 4.52 Å². The lowest BCUT2D eigenvalue weighted by Gasteiger charge is -2.08. The van der Waals surface area contributed by atoms with E-state index in [0.29, 0.717) is 17.1 Å². The minimum absolute atomic E-state index is 0.0748. The molecule has 2 rings (SSSR count). The molecule has 0 fully saturated rings. The molecule has 0 atom stereocenters. The van der Waals surface area contributed by atoms with Crippen LogP contribution in [0.25, 0.3) is 0 Å². The van der Waals surface area contributed by atoms with Gasteiger partial charge >= 0.3 is 0 Å². The summed E-state index contributed by atoms with van der Waals surface area (Å²) in [7, 11) is -3.70. The zero-order chi connectivity index (χ0) is 13.3. The van der Waals surface area contributed by atoms with Crippen molar-refractivity contribution in [3.8, 4) is 0 Å². The molecule has 0 saturated carbocycles. The highest BCUT2D eigenvalue weighted by Gasteiger charge is 2.24. The van der Waals surface area contributed by atoms with Gasteiger partial charge in [0, 0.05) is 6.20 Å². The number of hydrogen-bond acceptors (Lipinski definition) is 5. The van der Waals surface area contributed by atoms with Gasteiger partial charge in [-0.15, -0.1) is 0 Å². The van der Waals surface area contributed by atoms with Crippen LogP contribution in [0.4, 0.5) is 5.69 Å². The van der Waals surface area contributed by atoms with E-state index in [9.17, 15) is 8.42 Å². The van der Waals surface area contributed by atoms with Crippen LogP contribution < -0.4 is 4.72 Å².